The zero-order chi connectivity index (χ0) is 25.8. The quantitative estimate of drug-likeness (QED) is 0.409. The van der Waals surface area contributed by atoms with Crippen LogP contribution in [0.5, 0.6) is 0 Å². The van der Waals surface area contributed by atoms with Gasteiger partial charge in [-0.25, -0.2) is 0 Å². The highest BCUT2D eigenvalue weighted by Crippen LogP contribution is 2.68. The second-order valence-corrected chi connectivity index (χ2v) is 13.2. The van der Waals surface area contributed by atoms with Crippen LogP contribution < -0.4 is 0 Å². The highest BCUT2D eigenvalue weighted by molar-refractivity contribution is 7.86. The fraction of sp³-hybridized carbons (Fsp3) is 0.808. The molecular weight excluding hydrogens is 472 g/mol. The van der Waals surface area contributed by atoms with Crippen LogP contribution in [-0.4, -0.2) is 55.6 Å². The van der Waals surface area contributed by atoms with Gasteiger partial charge in [0.1, 0.15) is 6.61 Å². The molecule has 0 heterocycles. The first-order chi connectivity index (χ1) is 16.3. The van der Waals surface area contributed by atoms with Gasteiger partial charge in [0, 0.05) is 18.3 Å². The largest absolute Gasteiger partial charge is 0.450 e. The summed E-state index contributed by atoms with van der Waals surface area (Å²) >= 11 is 0. The Balaban J connectivity index is 1.72. The first-order valence-electron chi connectivity index (χ1n) is 12.8. The van der Waals surface area contributed by atoms with Crippen LogP contribution in [0.4, 0.5) is 0 Å². The lowest BCUT2D eigenvalue weighted by Crippen LogP contribution is -2.63. The Morgan fingerprint density at radius 1 is 1.17 bits per heavy atom. The van der Waals surface area contributed by atoms with Crippen LogP contribution in [-0.2, 0) is 33.4 Å². The van der Waals surface area contributed by atoms with E-state index in [1.54, 1.807) is 6.08 Å². The molecule has 0 bridgehead atoms. The summed E-state index contributed by atoms with van der Waals surface area (Å²) in [5, 5.41) is 11.6. The topological polar surface area (TPSA) is 124 Å². The van der Waals surface area contributed by atoms with Crippen molar-refractivity contribution in [2.75, 3.05) is 12.9 Å². The monoisotopic (exact) mass is 510 g/mol. The van der Waals surface area contributed by atoms with E-state index in [1.165, 1.54) is 0 Å². The number of esters is 1. The highest BCUT2D eigenvalue weighted by atomic mass is 32.2. The van der Waals surface area contributed by atoms with Crippen LogP contribution in [0.25, 0.3) is 0 Å². The predicted octanol–water partition coefficient (Wildman–Crippen LogP) is 3.12. The van der Waals surface area contributed by atoms with Crippen LogP contribution in [0.15, 0.2) is 11.6 Å². The maximum atomic E-state index is 13.6. The third-order valence-electron chi connectivity index (χ3n) is 9.61. The number of carbonyl (C=O) groups is 3. The minimum absolute atomic E-state index is 0.0171. The van der Waals surface area contributed by atoms with Crippen molar-refractivity contribution in [2.45, 2.75) is 90.3 Å². The Hall–Kier alpha value is -1.58. The summed E-state index contributed by atoms with van der Waals surface area (Å²) in [6.07, 6.45) is 6.56. The molecule has 0 aromatic heterocycles. The second-order valence-electron chi connectivity index (χ2n) is 11.6. The van der Waals surface area contributed by atoms with Gasteiger partial charge in [0.2, 0.25) is 5.78 Å². The zero-order valence-corrected chi connectivity index (χ0v) is 22.0. The van der Waals surface area contributed by atoms with E-state index in [-0.39, 0.29) is 48.2 Å². The molecule has 0 aromatic rings. The van der Waals surface area contributed by atoms with Crippen LogP contribution in [0.1, 0.15) is 78.6 Å². The molecule has 35 heavy (non-hydrogen) atoms. The normalized spacial score (nSPS) is 40.8. The molecule has 0 spiro atoms. The van der Waals surface area contributed by atoms with E-state index in [0.717, 1.165) is 24.7 Å². The minimum Gasteiger partial charge on any atom is -0.450 e. The Morgan fingerprint density at radius 3 is 2.54 bits per heavy atom. The molecule has 3 saturated carbocycles. The molecule has 1 N–H and O–H groups in total. The summed E-state index contributed by atoms with van der Waals surface area (Å²) < 4.78 is 34.1. The molecule has 196 valence electrons. The number of carbonyl (C=O) groups excluding carboxylic acids is 3. The number of aliphatic hydroxyl groups is 1. The number of fused-ring (bicyclic) bond motifs is 5. The van der Waals surface area contributed by atoms with Crippen molar-refractivity contribution in [3.05, 3.63) is 11.6 Å². The summed E-state index contributed by atoms with van der Waals surface area (Å²) in [5.74, 6) is -0.833. The van der Waals surface area contributed by atoms with Gasteiger partial charge in [0.15, 0.2) is 11.4 Å². The molecule has 4 aliphatic carbocycles. The average molecular weight is 511 g/mol. The van der Waals surface area contributed by atoms with Gasteiger partial charge in [-0.1, -0.05) is 26.3 Å². The first kappa shape index (κ1) is 26.5. The Kier molecular flexibility index (Phi) is 6.86. The molecule has 0 unspecified atom stereocenters. The number of ketones is 2. The molecule has 3 fully saturated rings. The number of rotatable bonds is 7. The van der Waals surface area contributed by atoms with E-state index >= 15 is 0 Å². The lowest BCUT2D eigenvalue weighted by atomic mass is 9.45. The van der Waals surface area contributed by atoms with Crippen molar-refractivity contribution in [2.24, 2.45) is 28.6 Å². The third kappa shape index (κ3) is 4.31. The van der Waals surface area contributed by atoms with Crippen molar-refractivity contribution < 1.29 is 36.8 Å². The minimum atomic E-state index is -3.86. The van der Waals surface area contributed by atoms with Gasteiger partial charge in [-0.05, 0) is 74.2 Å². The molecule has 0 aliphatic heterocycles. The van der Waals surface area contributed by atoms with E-state index in [1.807, 2.05) is 13.8 Å². The molecule has 4 aliphatic rings. The van der Waals surface area contributed by atoms with Crippen molar-refractivity contribution in [3.63, 3.8) is 0 Å². The fourth-order valence-electron chi connectivity index (χ4n) is 8.08. The van der Waals surface area contributed by atoms with Crippen LogP contribution >= 0.6 is 0 Å². The summed E-state index contributed by atoms with van der Waals surface area (Å²) in [4.78, 5) is 38.4. The number of ether oxygens (including phenoxy) is 1. The van der Waals surface area contributed by atoms with Crippen molar-refractivity contribution in [1.29, 1.82) is 0 Å². The van der Waals surface area contributed by atoms with Gasteiger partial charge in [0.25, 0.3) is 10.1 Å². The van der Waals surface area contributed by atoms with Gasteiger partial charge in [0.05, 0.1) is 12.4 Å². The maximum absolute atomic E-state index is 13.6. The predicted molar refractivity (Wildman–Crippen MR) is 128 cm³/mol. The van der Waals surface area contributed by atoms with Gasteiger partial charge in [-0.3, -0.25) is 18.6 Å². The number of aliphatic hydroxyl groups excluding tert-OH is 1. The number of allylic oxidation sites excluding steroid dienone is 1. The highest BCUT2D eigenvalue weighted by Gasteiger charge is 2.70. The van der Waals surface area contributed by atoms with E-state index in [0.29, 0.717) is 25.7 Å². The average Bonchev–Trinajstić information content (AvgIpc) is 3.04. The van der Waals surface area contributed by atoms with E-state index < -0.39 is 45.6 Å². The molecule has 7 atom stereocenters. The van der Waals surface area contributed by atoms with Crippen LogP contribution in [0, 0.1) is 28.6 Å². The van der Waals surface area contributed by atoms with Gasteiger partial charge < -0.3 is 9.84 Å². The van der Waals surface area contributed by atoms with Crippen LogP contribution in [0.3, 0.4) is 0 Å². The SMILES string of the molecule is CCCC(=O)O[C@]1(C(=O)COS(C)(=O)=O)CC[C@H]2[C@@H]3CCC4=CC(=O)CC[C@]4(C)[C@H]3[C@@H](O)C[C@@]21C. The second kappa shape index (κ2) is 9.06. The van der Waals surface area contributed by atoms with Crippen molar-refractivity contribution in [1.82, 2.24) is 0 Å². The molecule has 0 saturated heterocycles. The molecule has 0 aromatic carbocycles. The van der Waals surface area contributed by atoms with Gasteiger partial charge in [-0.2, -0.15) is 8.42 Å². The molecular formula is C26H38O8S. The van der Waals surface area contributed by atoms with Crippen molar-refractivity contribution in [3.8, 4) is 0 Å². The van der Waals surface area contributed by atoms with E-state index in [2.05, 4.69) is 6.92 Å². The standard InChI is InChI=1S/C26H38O8S/c1-5-6-22(30)34-26(21(29)15-33-35(4,31)32)12-10-19-18-8-7-16-13-17(27)9-11-24(16,2)23(18)20(28)14-25(19,26)3/h13,18-20,23,28H,5-12,14-15H2,1-4H3/t18-,19-,20-,23+,24-,25-,26-/m0/s1. The van der Waals surface area contributed by atoms with Crippen molar-refractivity contribution >= 4 is 27.7 Å². The number of Topliss-reactive ketones (excluding diaryl/α,β-unsaturated/α-hetero) is 1. The molecule has 0 amide bonds. The summed E-state index contributed by atoms with van der Waals surface area (Å²) in [6, 6.07) is 0. The lowest BCUT2D eigenvalue weighted by Gasteiger charge is -2.60. The Morgan fingerprint density at radius 2 is 1.89 bits per heavy atom. The fourth-order valence-corrected chi connectivity index (χ4v) is 8.41. The number of hydrogen-bond donors (Lipinski definition) is 1. The Labute approximate surface area is 207 Å². The first-order valence-corrected chi connectivity index (χ1v) is 14.6. The summed E-state index contributed by atoms with van der Waals surface area (Å²) in [7, 11) is -3.86. The van der Waals surface area contributed by atoms with E-state index in [4.69, 9.17) is 8.92 Å². The molecule has 8 nitrogen and oxygen atoms in total. The van der Waals surface area contributed by atoms with Gasteiger partial charge >= 0.3 is 5.97 Å². The molecule has 0 radical (unpaired) electrons. The zero-order valence-electron chi connectivity index (χ0n) is 21.2. The third-order valence-corrected chi connectivity index (χ3v) is 10.2. The number of hydrogen-bond acceptors (Lipinski definition) is 8. The molecule has 9 heteroatoms. The molecule has 4 rings (SSSR count). The summed E-state index contributed by atoms with van der Waals surface area (Å²) in [6.45, 7) is 5.22. The van der Waals surface area contributed by atoms with Crippen LogP contribution in [0.2, 0.25) is 0 Å². The maximum Gasteiger partial charge on any atom is 0.306 e. The van der Waals surface area contributed by atoms with Gasteiger partial charge in [-0.15, -0.1) is 0 Å². The lowest BCUT2D eigenvalue weighted by molar-refractivity contribution is -0.201. The Bertz CT molecular complexity index is 1050. The smallest absolute Gasteiger partial charge is 0.306 e. The summed E-state index contributed by atoms with van der Waals surface area (Å²) in [5.41, 5.74) is -1.55. The van der Waals surface area contributed by atoms with E-state index in [9.17, 15) is 27.9 Å².